The van der Waals surface area contributed by atoms with Crippen molar-refractivity contribution in [2.45, 2.75) is 0 Å². The van der Waals surface area contributed by atoms with Crippen molar-refractivity contribution in [3.8, 4) is 20.9 Å². The van der Waals surface area contributed by atoms with Gasteiger partial charge < -0.3 is 10.2 Å². The molecule has 4 rings (SSSR count). The van der Waals surface area contributed by atoms with Crippen molar-refractivity contribution in [2.24, 2.45) is 0 Å². The number of thiophene rings is 2. The molecule has 4 aromatic rings. The van der Waals surface area contributed by atoms with Crippen LogP contribution in [-0.2, 0) is 0 Å². The third-order valence-electron chi connectivity index (χ3n) is 3.89. The summed E-state index contributed by atoms with van der Waals surface area (Å²) in [5.41, 5.74) is 0.382. The van der Waals surface area contributed by atoms with Crippen LogP contribution in [0.15, 0.2) is 24.3 Å². The van der Waals surface area contributed by atoms with Crippen molar-refractivity contribution in [3.63, 3.8) is 0 Å². The van der Waals surface area contributed by atoms with Crippen LogP contribution in [0.2, 0.25) is 0 Å². The summed E-state index contributed by atoms with van der Waals surface area (Å²) >= 11 is 3.20. The summed E-state index contributed by atoms with van der Waals surface area (Å²) in [6.45, 7) is 0. The molecule has 2 N–H and O–H groups in total. The van der Waals surface area contributed by atoms with E-state index in [0.29, 0.717) is 30.3 Å². The molecule has 0 unspecified atom stereocenters. The predicted molar refractivity (Wildman–Crippen MR) is 109 cm³/mol. The maximum absolute atomic E-state index is 12.1. The first-order valence-electron chi connectivity index (χ1n) is 7.38. The molecule has 0 spiro atoms. The van der Waals surface area contributed by atoms with E-state index in [1.54, 1.807) is 24.3 Å². The highest BCUT2D eigenvalue weighted by Crippen LogP contribution is 2.43. The van der Waals surface area contributed by atoms with Crippen LogP contribution in [0, 0.1) is 0 Å². The zero-order chi connectivity index (χ0) is 19.3. The summed E-state index contributed by atoms with van der Waals surface area (Å²) < 4.78 is 9.46. The second-order valence-corrected chi connectivity index (χ2v) is 8.23. The van der Waals surface area contributed by atoms with Crippen molar-refractivity contribution in [2.75, 3.05) is 0 Å². The molecule has 128 valence electrons. The first kappa shape index (κ1) is 17.9. The summed E-state index contributed by atoms with van der Waals surface area (Å²) in [6, 6.07) is 6.56. The zero-order valence-electron chi connectivity index (χ0n) is 13.3. The maximum atomic E-state index is 12.1. The van der Waals surface area contributed by atoms with Gasteiger partial charge in [-0.15, -0.1) is 0 Å². The van der Waals surface area contributed by atoms with Gasteiger partial charge in [-0.1, -0.05) is 12.1 Å². The Morgan fingerprint density at radius 3 is 1.48 bits per heavy atom. The fourth-order valence-corrected chi connectivity index (χ4v) is 5.10. The van der Waals surface area contributed by atoms with Gasteiger partial charge >= 0.3 is 11.9 Å². The largest absolute Gasteiger partial charge is 0.478 e. The standard InChI is InChI=1S/C16H6B2N2O4S3/c17-7-3-1-5(25-7)9-11(15(21)22)12(16(23)24)10(6-2-4-8(18)26-6)14-13(9)19-27-20-14/h1-4H,(H,21,22)(H,23,24). The van der Waals surface area contributed by atoms with E-state index in [-0.39, 0.29) is 22.3 Å². The monoisotopic (exact) mass is 408 g/mol. The van der Waals surface area contributed by atoms with Gasteiger partial charge in [-0.3, -0.25) is 0 Å². The van der Waals surface area contributed by atoms with Crippen molar-refractivity contribution in [1.82, 2.24) is 8.75 Å². The topological polar surface area (TPSA) is 100 Å². The van der Waals surface area contributed by atoms with Crippen LogP contribution in [0.3, 0.4) is 0 Å². The minimum Gasteiger partial charge on any atom is -0.478 e. The number of aromatic nitrogens is 2. The van der Waals surface area contributed by atoms with Crippen LogP contribution >= 0.6 is 34.4 Å². The van der Waals surface area contributed by atoms with E-state index in [2.05, 4.69) is 8.75 Å². The highest BCUT2D eigenvalue weighted by Gasteiger charge is 2.32. The van der Waals surface area contributed by atoms with Crippen LogP contribution in [-0.4, -0.2) is 46.6 Å². The molecule has 3 aromatic heterocycles. The van der Waals surface area contributed by atoms with Gasteiger partial charge in [0, 0.05) is 20.9 Å². The van der Waals surface area contributed by atoms with Gasteiger partial charge in [-0.2, -0.15) is 31.4 Å². The Balaban J connectivity index is 2.23. The van der Waals surface area contributed by atoms with E-state index < -0.39 is 11.9 Å². The first-order valence-corrected chi connectivity index (χ1v) is 9.75. The van der Waals surface area contributed by atoms with Gasteiger partial charge in [-0.25, -0.2) is 9.59 Å². The fourth-order valence-electron chi connectivity index (χ4n) is 2.89. The van der Waals surface area contributed by atoms with E-state index in [1.165, 1.54) is 0 Å². The van der Waals surface area contributed by atoms with Gasteiger partial charge in [0.1, 0.15) is 26.7 Å². The molecule has 0 bridgehead atoms. The summed E-state index contributed by atoms with van der Waals surface area (Å²) in [7, 11) is 11.6. The number of carboxylic acid groups (broad SMARTS) is 2. The van der Waals surface area contributed by atoms with Crippen molar-refractivity contribution < 1.29 is 19.8 Å². The van der Waals surface area contributed by atoms with E-state index in [0.717, 1.165) is 34.4 Å². The highest BCUT2D eigenvalue weighted by atomic mass is 32.1. The molecule has 0 saturated carbocycles. The quantitative estimate of drug-likeness (QED) is 0.502. The molecule has 0 amide bonds. The zero-order valence-corrected chi connectivity index (χ0v) is 15.7. The first-order chi connectivity index (χ1) is 12.9. The van der Waals surface area contributed by atoms with Gasteiger partial charge in [0.05, 0.1) is 22.9 Å². The minimum atomic E-state index is -1.37. The molecule has 0 fully saturated rings. The average Bonchev–Trinajstić information content (AvgIpc) is 3.33. The van der Waals surface area contributed by atoms with Crippen molar-refractivity contribution in [3.05, 3.63) is 35.4 Å². The summed E-state index contributed by atoms with van der Waals surface area (Å²) in [5.74, 6) is -2.73. The summed E-state index contributed by atoms with van der Waals surface area (Å²) in [4.78, 5) is 25.3. The molecule has 0 atom stereocenters. The van der Waals surface area contributed by atoms with Gasteiger partial charge in [-0.05, 0) is 21.7 Å². The lowest BCUT2D eigenvalue weighted by atomic mass is 9.92. The van der Waals surface area contributed by atoms with Gasteiger partial charge in [0.15, 0.2) is 0 Å². The number of carboxylic acids is 2. The predicted octanol–water partition coefficient (Wildman–Crippen LogP) is 2.13. The molecule has 3 heterocycles. The van der Waals surface area contributed by atoms with E-state index in [1.807, 2.05) is 0 Å². The number of rotatable bonds is 4. The normalized spacial score (nSPS) is 11.1. The molecular formula is C16H6B2N2O4S3. The smallest absolute Gasteiger partial charge is 0.337 e. The number of carbonyl (C=O) groups is 2. The molecule has 0 aliphatic heterocycles. The lowest BCUT2D eigenvalue weighted by Gasteiger charge is -2.13. The Morgan fingerprint density at radius 1 is 0.778 bits per heavy atom. The van der Waals surface area contributed by atoms with Crippen molar-refractivity contribution >= 4 is 82.6 Å². The molecule has 11 heteroatoms. The fraction of sp³-hybridized carbons (Fsp3) is 0. The number of hydrogen-bond acceptors (Lipinski definition) is 7. The number of fused-ring (bicyclic) bond motifs is 1. The Bertz CT molecular complexity index is 1140. The average molecular weight is 408 g/mol. The molecule has 0 saturated heterocycles. The lowest BCUT2D eigenvalue weighted by Crippen LogP contribution is -2.12. The second-order valence-electron chi connectivity index (χ2n) is 5.48. The molecule has 1 aromatic carbocycles. The van der Waals surface area contributed by atoms with E-state index in [4.69, 9.17) is 15.7 Å². The van der Waals surface area contributed by atoms with Crippen LogP contribution < -0.4 is 9.55 Å². The highest BCUT2D eigenvalue weighted by molar-refractivity contribution is 7.23. The van der Waals surface area contributed by atoms with Crippen LogP contribution in [0.5, 0.6) is 0 Å². The lowest BCUT2D eigenvalue weighted by molar-refractivity contribution is 0.0653. The molecule has 27 heavy (non-hydrogen) atoms. The van der Waals surface area contributed by atoms with Gasteiger partial charge in [0.2, 0.25) is 0 Å². The van der Waals surface area contributed by atoms with Gasteiger partial charge in [0.25, 0.3) is 0 Å². The third-order valence-corrected chi connectivity index (χ3v) is 6.28. The molecule has 6 nitrogen and oxygen atoms in total. The maximum Gasteiger partial charge on any atom is 0.337 e. The molecule has 0 aliphatic rings. The number of benzene rings is 1. The van der Waals surface area contributed by atoms with Crippen molar-refractivity contribution in [1.29, 1.82) is 0 Å². The summed E-state index contributed by atoms with van der Waals surface area (Å²) in [5, 5.41) is 19.8. The third kappa shape index (κ3) is 2.87. The Hall–Kier alpha value is -2.49. The number of aromatic carboxylic acids is 2. The van der Waals surface area contributed by atoms with Crippen LogP contribution in [0.4, 0.5) is 0 Å². The Morgan fingerprint density at radius 2 is 1.19 bits per heavy atom. The van der Waals surface area contributed by atoms with E-state index >= 15 is 0 Å². The number of hydrogen-bond donors (Lipinski definition) is 2. The minimum absolute atomic E-state index is 0.207. The molecular weight excluding hydrogens is 402 g/mol. The SMILES string of the molecule is [B]c1ccc(-c2c(C(=O)O)c(C(=O)O)c(-c3ccc([B])s3)c3nsnc23)s1. The van der Waals surface area contributed by atoms with E-state index in [9.17, 15) is 19.8 Å². The molecule has 0 aliphatic carbocycles. The Kier molecular flexibility index (Phi) is 4.37. The van der Waals surface area contributed by atoms with Crippen LogP contribution in [0.25, 0.3) is 31.9 Å². The Labute approximate surface area is 167 Å². The second kappa shape index (κ2) is 6.59. The number of nitrogens with zero attached hydrogens (tertiary/aromatic N) is 2. The molecule has 4 radical (unpaired) electrons. The van der Waals surface area contributed by atoms with Crippen LogP contribution in [0.1, 0.15) is 20.7 Å². The summed E-state index contributed by atoms with van der Waals surface area (Å²) in [6.07, 6.45) is 0.